The summed E-state index contributed by atoms with van der Waals surface area (Å²) in [7, 11) is -2.01. The molecule has 3 heterocycles. The first kappa shape index (κ1) is 25.1. The number of sulfone groups is 1. The van der Waals surface area contributed by atoms with Crippen molar-refractivity contribution in [2.75, 3.05) is 16.9 Å². The summed E-state index contributed by atoms with van der Waals surface area (Å²) < 4.78 is 26.7. The number of nitrogens with zero attached hydrogens (tertiary/aromatic N) is 6. The van der Waals surface area contributed by atoms with Crippen LogP contribution in [0.1, 0.15) is 45.9 Å². The molecule has 0 atom stereocenters. The molecular weight excluding hydrogens is 502 g/mol. The van der Waals surface area contributed by atoms with Gasteiger partial charge >= 0.3 is 0 Å². The van der Waals surface area contributed by atoms with E-state index in [2.05, 4.69) is 21.1 Å². The van der Waals surface area contributed by atoms with E-state index in [1.165, 1.54) is 23.5 Å². The van der Waals surface area contributed by atoms with Gasteiger partial charge in [-0.15, -0.1) is 0 Å². The van der Waals surface area contributed by atoms with Gasteiger partial charge in [-0.2, -0.15) is 10.4 Å². The number of benzene rings is 1. The number of hydrogen-bond acceptors (Lipinski definition) is 8. The molecule has 2 N–H and O–H groups in total. The van der Waals surface area contributed by atoms with Crippen LogP contribution in [0.5, 0.6) is 0 Å². The quantitative estimate of drug-likeness (QED) is 0.359. The Bertz CT molecular complexity index is 1680. The smallest absolute Gasteiger partial charge is 0.260 e. The molecule has 5 rings (SSSR count). The summed E-state index contributed by atoms with van der Waals surface area (Å²) in [4.78, 5) is 23.7. The first-order valence-electron chi connectivity index (χ1n) is 11.9. The predicted molar refractivity (Wildman–Crippen MR) is 142 cm³/mol. The van der Waals surface area contributed by atoms with Crippen molar-refractivity contribution in [3.8, 4) is 17.3 Å². The molecule has 1 aliphatic rings. The summed E-state index contributed by atoms with van der Waals surface area (Å²) in [5.74, 6) is 0.0201. The second-order valence-electron chi connectivity index (χ2n) is 9.30. The Morgan fingerprint density at radius 2 is 1.97 bits per heavy atom. The van der Waals surface area contributed by atoms with Crippen molar-refractivity contribution in [1.29, 1.82) is 5.26 Å². The van der Waals surface area contributed by atoms with Crippen molar-refractivity contribution >= 4 is 27.1 Å². The molecule has 3 aromatic heterocycles. The average Bonchev–Trinajstić information content (AvgIpc) is 3.69. The first-order valence-corrected chi connectivity index (χ1v) is 13.8. The number of aryl methyl sites for hydroxylation is 1. The third kappa shape index (κ3) is 4.86. The lowest BCUT2D eigenvalue weighted by Crippen LogP contribution is -2.32. The van der Waals surface area contributed by atoms with E-state index >= 15 is 0 Å². The van der Waals surface area contributed by atoms with Crippen LogP contribution < -0.4 is 10.6 Å². The van der Waals surface area contributed by atoms with Crippen LogP contribution in [0, 0.1) is 11.3 Å². The second-order valence-corrected chi connectivity index (χ2v) is 11.2. The van der Waals surface area contributed by atoms with Gasteiger partial charge in [-0.1, -0.05) is 12.1 Å². The van der Waals surface area contributed by atoms with Crippen LogP contribution in [0.2, 0.25) is 0 Å². The fourth-order valence-electron chi connectivity index (χ4n) is 4.40. The highest BCUT2D eigenvalue weighted by Crippen LogP contribution is 2.39. The standard InChI is InChI=1S/C27H25N7O3S/c1-33-25(20(13-28)15-32-33)21-9-5-17(12-22(21)29)16-34(24-4-3-11-30-26(24)38(2,36)37)27(35)19-8-10-23(31-14-19)18-6-7-18/h3-5,8-12,14-15,18H,6-7,16,29H2,1-2H3. The Labute approximate surface area is 220 Å². The molecule has 1 aliphatic carbocycles. The fourth-order valence-corrected chi connectivity index (χ4v) is 5.21. The van der Waals surface area contributed by atoms with Crippen LogP contribution in [0.4, 0.5) is 11.4 Å². The van der Waals surface area contributed by atoms with Crippen LogP contribution in [0.25, 0.3) is 11.3 Å². The van der Waals surface area contributed by atoms with E-state index in [1.54, 1.807) is 48.1 Å². The molecular formula is C27H25N7O3S. The van der Waals surface area contributed by atoms with E-state index in [0.717, 1.165) is 24.8 Å². The van der Waals surface area contributed by atoms with Gasteiger partial charge in [0.15, 0.2) is 14.9 Å². The van der Waals surface area contributed by atoms with E-state index < -0.39 is 15.7 Å². The summed E-state index contributed by atoms with van der Waals surface area (Å²) >= 11 is 0. The van der Waals surface area contributed by atoms with E-state index in [9.17, 15) is 18.5 Å². The predicted octanol–water partition coefficient (Wildman–Crippen LogP) is 3.46. The third-order valence-electron chi connectivity index (χ3n) is 6.44. The van der Waals surface area contributed by atoms with Crippen molar-refractivity contribution in [2.45, 2.75) is 30.3 Å². The summed E-state index contributed by atoms with van der Waals surface area (Å²) in [6, 6.07) is 14.1. The molecule has 0 spiro atoms. The highest BCUT2D eigenvalue weighted by molar-refractivity contribution is 7.90. The van der Waals surface area contributed by atoms with Crippen LogP contribution in [-0.2, 0) is 23.4 Å². The van der Waals surface area contributed by atoms with Crippen LogP contribution in [-0.4, -0.2) is 40.3 Å². The van der Waals surface area contributed by atoms with E-state index in [1.807, 2.05) is 6.07 Å². The molecule has 1 aromatic carbocycles. The molecule has 1 fully saturated rings. The van der Waals surface area contributed by atoms with Gasteiger partial charge in [-0.05, 0) is 48.7 Å². The molecule has 1 saturated carbocycles. The minimum absolute atomic E-state index is 0.0262. The minimum Gasteiger partial charge on any atom is -0.398 e. The zero-order valence-electron chi connectivity index (χ0n) is 20.9. The SMILES string of the molecule is Cn1ncc(C#N)c1-c1ccc(CN(C(=O)c2ccc(C3CC3)nc2)c2cccnc2S(C)(=O)=O)cc1N. The van der Waals surface area contributed by atoms with Gasteiger partial charge in [0, 0.05) is 48.6 Å². The number of pyridine rings is 2. The Kier molecular flexibility index (Phi) is 6.42. The van der Waals surface area contributed by atoms with Crippen molar-refractivity contribution < 1.29 is 13.2 Å². The Morgan fingerprint density at radius 3 is 2.61 bits per heavy atom. The summed E-state index contributed by atoms with van der Waals surface area (Å²) in [6.07, 6.45) is 7.62. The number of carbonyl (C=O) groups is 1. The molecule has 192 valence electrons. The highest BCUT2D eigenvalue weighted by Gasteiger charge is 2.28. The summed E-state index contributed by atoms with van der Waals surface area (Å²) in [5.41, 5.74) is 10.5. The number of aromatic nitrogens is 4. The number of nitriles is 1. The highest BCUT2D eigenvalue weighted by atomic mass is 32.2. The molecule has 1 amide bonds. The van der Waals surface area contributed by atoms with Gasteiger partial charge in [0.1, 0.15) is 6.07 Å². The Hall–Kier alpha value is -4.56. The van der Waals surface area contributed by atoms with Gasteiger partial charge in [-0.25, -0.2) is 13.4 Å². The lowest BCUT2D eigenvalue weighted by atomic mass is 10.0. The maximum atomic E-state index is 13.8. The van der Waals surface area contributed by atoms with Gasteiger partial charge < -0.3 is 10.6 Å². The van der Waals surface area contributed by atoms with Crippen molar-refractivity contribution in [3.63, 3.8) is 0 Å². The van der Waals surface area contributed by atoms with Gasteiger partial charge in [0.25, 0.3) is 5.91 Å². The van der Waals surface area contributed by atoms with Gasteiger partial charge in [-0.3, -0.25) is 14.5 Å². The summed E-state index contributed by atoms with van der Waals surface area (Å²) in [6.45, 7) is 0.0262. The molecule has 0 bridgehead atoms. The van der Waals surface area contributed by atoms with Crippen molar-refractivity contribution in [3.05, 3.63) is 83.4 Å². The average molecular weight is 528 g/mol. The lowest BCUT2D eigenvalue weighted by molar-refractivity contribution is 0.0984. The maximum absolute atomic E-state index is 13.8. The molecule has 38 heavy (non-hydrogen) atoms. The topological polar surface area (TPSA) is 148 Å². The van der Waals surface area contributed by atoms with E-state index in [4.69, 9.17) is 5.73 Å². The number of anilines is 2. The van der Waals surface area contributed by atoms with E-state index in [-0.39, 0.29) is 17.3 Å². The molecule has 0 saturated heterocycles. The largest absolute Gasteiger partial charge is 0.398 e. The summed E-state index contributed by atoms with van der Waals surface area (Å²) in [5, 5.41) is 13.4. The Balaban J connectivity index is 1.55. The van der Waals surface area contributed by atoms with Crippen molar-refractivity contribution in [2.24, 2.45) is 7.05 Å². The fraction of sp³-hybridized carbons (Fsp3) is 0.222. The molecule has 0 aliphatic heterocycles. The van der Waals surface area contributed by atoms with Gasteiger partial charge in [0.05, 0.1) is 35.2 Å². The van der Waals surface area contributed by atoms with Crippen LogP contribution in [0.15, 0.2) is 66.1 Å². The molecule has 10 nitrogen and oxygen atoms in total. The minimum atomic E-state index is -3.74. The number of amides is 1. The molecule has 0 unspecified atom stereocenters. The monoisotopic (exact) mass is 527 g/mol. The number of hydrogen-bond donors (Lipinski definition) is 1. The Morgan fingerprint density at radius 1 is 1.18 bits per heavy atom. The van der Waals surface area contributed by atoms with Crippen molar-refractivity contribution in [1.82, 2.24) is 19.7 Å². The van der Waals surface area contributed by atoms with Crippen LogP contribution in [0.3, 0.4) is 0 Å². The molecule has 11 heteroatoms. The first-order chi connectivity index (χ1) is 18.2. The molecule has 0 radical (unpaired) electrons. The molecule has 4 aromatic rings. The van der Waals surface area contributed by atoms with E-state index in [0.29, 0.717) is 39.6 Å². The zero-order valence-corrected chi connectivity index (χ0v) is 21.7. The van der Waals surface area contributed by atoms with Crippen LogP contribution >= 0.6 is 0 Å². The normalized spacial score (nSPS) is 13.2. The third-order valence-corrected chi connectivity index (χ3v) is 7.46. The zero-order chi connectivity index (χ0) is 27.0. The maximum Gasteiger partial charge on any atom is 0.260 e. The lowest BCUT2D eigenvalue weighted by Gasteiger charge is -2.25. The number of rotatable bonds is 7. The number of carbonyl (C=O) groups excluding carboxylic acids is 1. The number of nitrogen functional groups attached to an aromatic ring is 1. The number of nitrogens with two attached hydrogens (primary N) is 1. The second kappa shape index (κ2) is 9.72. The van der Waals surface area contributed by atoms with Gasteiger partial charge in [0.2, 0.25) is 0 Å².